The third-order valence-corrected chi connectivity index (χ3v) is 4.71. The summed E-state index contributed by atoms with van der Waals surface area (Å²) in [5.41, 5.74) is 0. The van der Waals surface area contributed by atoms with E-state index in [1.807, 2.05) is 0 Å². The minimum Gasteiger partial charge on any atom is -0.348 e. The largest absolute Gasteiger partial charge is 0.348 e. The highest BCUT2D eigenvalue weighted by molar-refractivity contribution is 7.17. The highest BCUT2D eigenvalue weighted by Crippen LogP contribution is 2.31. The molecule has 2 fully saturated rings. The first-order valence-electron chi connectivity index (χ1n) is 5.52. The summed E-state index contributed by atoms with van der Waals surface area (Å²) < 4.78 is 0.666. The van der Waals surface area contributed by atoms with Crippen LogP contribution < -0.4 is 10.6 Å². The van der Waals surface area contributed by atoms with Gasteiger partial charge in [-0.1, -0.05) is 11.6 Å². The molecule has 2 heterocycles. The fourth-order valence-corrected chi connectivity index (χ4v) is 3.63. The number of nitrogens with one attached hydrogen (secondary N) is 2. The fourth-order valence-electron chi connectivity index (χ4n) is 2.69. The first-order valence-corrected chi connectivity index (χ1v) is 6.71. The second kappa shape index (κ2) is 4.02. The van der Waals surface area contributed by atoms with Gasteiger partial charge < -0.3 is 10.6 Å². The monoisotopic (exact) mass is 256 g/mol. The van der Waals surface area contributed by atoms with Crippen molar-refractivity contribution < 1.29 is 4.79 Å². The van der Waals surface area contributed by atoms with E-state index in [-0.39, 0.29) is 5.91 Å². The summed E-state index contributed by atoms with van der Waals surface area (Å²) in [6.07, 6.45) is 2.27. The summed E-state index contributed by atoms with van der Waals surface area (Å²) >= 11 is 7.15. The van der Waals surface area contributed by atoms with Gasteiger partial charge in [0.1, 0.15) is 0 Å². The normalized spacial score (nSPS) is 31.9. The number of hydrogen-bond donors (Lipinski definition) is 2. The SMILES string of the molecule is O=C(NC1CC2CC1CN2)c1ccc(Cl)s1. The van der Waals surface area contributed by atoms with E-state index in [4.69, 9.17) is 11.6 Å². The van der Waals surface area contributed by atoms with Gasteiger partial charge in [0.15, 0.2) is 0 Å². The average Bonchev–Trinajstić information content (AvgIpc) is 2.92. The second-order valence-corrected chi connectivity index (χ2v) is 6.24. The van der Waals surface area contributed by atoms with Gasteiger partial charge in [0, 0.05) is 18.6 Å². The van der Waals surface area contributed by atoms with Crippen LogP contribution in [0.3, 0.4) is 0 Å². The van der Waals surface area contributed by atoms with E-state index in [0.29, 0.717) is 27.2 Å². The van der Waals surface area contributed by atoms with Crippen LogP contribution in [0.2, 0.25) is 4.34 Å². The van der Waals surface area contributed by atoms with E-state index < -0.39 is 0 Å². The van der Waals surface area contributed by atoms with Crippen molar-refractivity contribution in [3.63, 3.8) is 0 Å². The molecule has 2 bridgehead atoms. The molecule has 1 amide bonds. The van der Waals surface area contributed by atoms with Crippen molar-refractivity contribution in [2.45, 2.75) is 24.9 Å². The predicted octanol–water partition coefficient (Wildman–Crippen LogP) is 1.88. The van der Waals surface area contributed by atoms with E-state index in [2.05, 4.69) is 10.6 Å². The van der Waals surface area contributed by atoms with E-state index >= 15 is 0 Å². The lowest BCUT2D eigenvalue weighted by Crippen LogP contribution is -2.43. The van der Waals surface area contributed by atoms with E-state index in [9.17, 15) is 4.79 Å². The first kappa shape index (κ1) is 10.6. The minimum atomic E-state index is 0.0226. The van der Waals surface area contributed by atoms with Gasteiger partial charge >= 0.3 is 0 Å². The van der Waals surface area contributed by atoms with Crippen LogP contribution in [-0.4, -0.2) is 24.5 Å². The van der Waals surface area contributed by atoms with Crippen LogP contribution in [0.1, 0.15) is 22.5 Å². The first-order chi connectivity index (χ1) is 7.72. The van der Waals surface area contributed by atoms with Crippen LogP contribution in [-0.2, 0) is 0 Å². The Morgan fingerprint density at radius 1 is 1.50 bits per heavy atom. The molecule has 2 aliphatic rings. The third kappa shape index (κ3) is 1.85. The maximum absolute atomic E-state index is 11.9. The molecular formula is C11H13ClN2OS. The van der Waals surface area contributed by atoms with Crippen molar-refractivity contribution >= 4 is 28.8 Å². The Bertz CT molecular complexity index is 420. The van der Waals surface area contributed by atoms with Crippen molar-refractivity contribution in [3.8, 4) is 0 Å². The minimum absolute atomic E-state index is 0.0226. The maximum atomic E-state index is 11.9. The lowest BCUT2D eigenvalue weighted by molar-refractivity contribution is 0.0929. The van der Waals surface area contributed by atoms with Crippen molar-refractivity contribution in [1.29, 1.82) is 0 Å². The summed E-state index contributed by atoms with van der Waals surface area (Å²) in [6, 6.07) is 4.51. The zero-order valence-corrected chi connectivity index (χ0v) is 10.3. The number of fused-ring (bicyclic) bond motifs is 2. The van der Waals surface area contributed by atoms with Crippen LogP contribution >= 0.6 is 22.9 Å². The topological polar surface area (TPSA) is 41.1 Å². The molecule has 16 heavy (non-hydrogen) atoms. The summed E-state index contributed by atoms with van der Waals surface area (Å²) in [4.78, 5) is 12.6. The predicted molar refractivity (Wildman–Crippen MR) is 65.1 cm³/mol. The zero-order chi connectivity index (χ0) is 11.1. The second-order valence-electron chi connectivity index (χ2n) is 4.52. The van der Waals surface area contributed by atoms with Gasteiger partial charge in [-0.15, -0.1) is 11.3 Å². The molecule has 86 valence electrons. The van der Waals surface area contributed by atoms with Gasteiger partial charge in [-0.2, -0.15) is 0 Å². The van der Waals surface area contributed by atoms with E-state index in [1.165, 1.54) is 17.8 Å². The molecule has 2 N–H and O–H groups in total. The lowest BCUT2D eigenvalue weighted by Gasteiger charge is -2.23. The number of carbonyl (C=O) groups excluding carboxylic acids is 1. The maximum Gasteiger partial charge on any atom is 0.261 e. The number of carbonyl (C=O) groups is 1. The van der Waals surface area contributed by atoms with Gasteiger partial charge in [-0.3, -0.25) is 4.79 Å². The van der Waals surface area contributed by atoms with Crippen molar-refractivity contribution in [2.75, 3.05) is 6.54 Å². The molecule has 1 aliphatic carbocycles. The molecule has 1 aromatic heterocycles. The van der Waals surface area contributed by atoms with Crippen LogP contribution in [0.15, 0.2) is 12.1 Å². The van der Waals surface area contributed by atoms with E-state index in [1.54, 1.807) is 12.1 Å². The summed E-state index contributed by atoms with van der Waals surface area (Å²) in [5, 5.41) is 6.55. The molecule has 0 radical (unpaired) electrons. The Morgan fingerprint density at radius 3 is 2.94 bits per heavy atom. The third-order valence-electron chi connectivity index (χ3n) is 3.48. The van der Waals surface area contributed by atoms with Gasteiger partial charge in [-0.05, 0) is 30.9 Å². The van der Waals surface area contributed by atoms with Gasteiger partial charge in [-0.25, -0.2) is 0 Å². The summed E-state index contributed by atoms with van der Waals surface area (Å²) in [6.45, 7) is 1.04. The molecule has 1 aromatic rings. The average molecular weight is 257 g/mol. The molecule has 3 nitrogen and oxygen atoms in total. The molecule has 3 unspecified atom stereocenters. The Balaban J connectivity index is 1.65. The molecular weight excluding hydrogens is 244 g/mol. The molecule has 1 saturated heterocycles. The van der Waals surface area contributed by atoms with Crippen molar-refractivity contribution in [1.82, 2.24) is 10.6 Å². The molecule has 3 rings (SSSR count). The van der Waals surface area contributed by atoms with Crippen LogP contribution in [0.5, 0.6) is 0 Å². The van der Waals surface area contributed by atoms with Gasteiger partial charge in [0.05, 0.1) is 9.21 Å². The molecule has 1 aliphatic heterocycles. The number of piperidine rings is 1. The highest BCUT2D eigenvalue weighted by atomic mass is 35.5. The van der Waals surface area contributed by atoms with Crippen LogP contribution in [0, 0.1) is 5.92 Å². The quantitative estimate of drug-likeness (QED) is 0.848. The zero-order valence-electron chi connectivity index (χ0n) is 8.70. The van der Waals surface area contributed by atoms with Crippen LogP contribution in [0.25, 0.3) is 0 Å². The standard InChI is InChI=1S/C11H13ClN2OS/c12-10-2-1-9(16-10)11(15)14-8-4-7-3-6(8)5-13-7/h1-2,6-8,13H,3-5H2,(H,14,15). The molecule has 1 saturated carbocycles. The Labute approximate surface area is 103 Å². The van der Waals surface area contributed by atoms with Crippen LogP contribution in [0.4, 0.5) is 0 Å². The fraction of sp³-hybridized carbons (Fsp3) is 0.545. The van der Waals surface area contributed by atoms with E-state index in [0.717, 1.165) is 13.0 Å². The van der Waals surface area contributed by atoms with Crippen molar-refractivity contribution in [2.24, 2.45) is 5.92 Å². The van der Waals surface area contributed by atoms with Gasteiger partial charge in [0.25, 0.3) is 5.91 Å². The molecule has 0 spiro atoms. The summed E-state index contributed by atoms with van der Waals surface area (Å²) in [5.74, 6) is 0.638. The number of halogens is 1. The molecule has 5 heteroatoms. The molecule has 0 aromatic carbocycles. The highest BCUT2D eigenvalue weighted by Gasteiger charge is 2.40. The molecule has 3 atom stereocenters. The number of hydrogen-bond acceptors (Lipinski definition) is 3. The number of amides is 1. The Hall–Kier alpha value is -0.580. The summed E-state index contributed by atoms with van der Waals surface area (Å²) in [7, 11) is 0. The lowest BCUT2D eigenvalue weighted by atomic mass is 10.0. The number of rotatable bonds is 2. The Morgan fingerprint density at radius 2 is 2.38 bits per heavy atom. The Kier molecular flexibility index (Phi) is 2.65. The van der Waals surface area contributed by atoms with Crippen molar-refractivity contribution in [3.05, 3.63) is 21.3 Å². The number of thiophene rings is 1. The van der Waals surface area contributed by atoms with Gasteiger partial charge in [0.2, 0.25) is 0 Å². The smallest absolute Gasteiger partial charge is 0.261 e.